The fraction of sp³-hybridized carbons (Fsp3) is 0.265. The van der Waals surface area contributed by atoms with Crippen molar-refractivity contribution >= 4 is 28.2 Å². The van der Waals surface area contributed by atoms with E-state index in [2.05, 4.69) is 26.6 Å². The molecule has 14 heteroatoms. The average molecular weight is 651 g/mol. The zero-order valence-electron chi connectivity index (χ0n) is 26.4. The Morgan fingerprint density at radius 1 is 1.10 bits per heavy atom. The van der Waals surface area contributed by atoms with Gasteiger partial charge in [0, 0.05) is 42.8 Å². The van der Waals surface area contributed by atoms with Crippen LogP contribution in [0, 0.1) is 17.1 Å². The van der Waals surface area contributed by atoms with Crippen LogP contribution in [-0.4, -0.2) is 66.8 Å². The first kappa shape index (κ1) is 32.2. The summed E-state index contributed by atoms with van der Waals surface area (Å²) in [5.41, 5.74) is -0.139. The quantitative estimate of drug-likeness (QED) is 0.267. The third kappa shape index (κ3) is 5.92. The molecule has 244 valence electrons. The van der Waals surface area contributed by atoms with E-state index < -0.39 is 29.0 Å². The molecule has 0 spiro atoms. The van der Waals surface area contributed by atoms with Crippen LogP contribution in [0.2, 0.25) is 0 Å². The smallest absolute Gasteiger partial charge is 0.290 e. The number of halogens is 1. The molecule has 0 bridgehead atoms. The van der Waals surface area contributed by atoms with Gasteiger partial charge in [-0.1, -0.05) is 12.1 Å². The molecule has 0 aliphatic carbocycles. The molecule has 13 nitrogen and oxygen atoms in total. The first-order chi connectivity index (χ1) is 23.0. The van der Waals surface area contributed by atoms with Crippen LogP contribution in [-0.2, 0) is 23.8 Å². The summed E-state index contributed by atoms with van der Waals surface area (Å²) in [6.45, 7) is 4.71. The molecule has 6 rings (SSSR count). The molecule has 2 N–H and O–H groups in total. The van der Waals surface area contributed by atoms with Crippen LogP contribution in [0.4, 0.5) is 15.9 Å². The van der Waals surface area contributed by atoms with E-state index in [1.165, 1.54) is 31.6 Å². The van der Waals surface area contributed by atoms with Crippen LogP contribution >= 0.6 is 0 Å². The molecule has 0 radical (unpaired) electrons. The Labute approximate surface area is 273 Å². The molecule has 1 amide bonds. The lowest BCUT2D eigenvalue weighted by molar-refractivity contribution is 0.0302. The minimum atomic E-state index is -0.986. The number of rotatable bonds is 7. The molecule has 0 saturated carbocycles. The maximum absolute atomic E-state index is 15.4. The number of aliphatic hydroxyl groups excluding tert-OH is 1. The number of pyridine rings is 1. The Bertz CT molecular complexity index is 2220. The minimum absolute atomic E-state index is 0.121. The predicted molar refractivity (Wildman–Crippen MR) is 175 cm³/mol. The van der Waals surface area contributed by atoms with Crippen LogP contribution < -0.4 is 16.4 Å². The lowest BCUT2D eigenvalue weighted by Crippen LogP contribution is -2.40. The fourth-order valence-corrected chi connectivity index (χ4v) is 5.52. The Kier molecular flexibility index (Phi) is 8.57. The van der Waals surface area contributed by atoms with Gasteiger partial charge in [-0.05, 0) is 55.8 Å². The number of aryl methyl sites for hydroxylation is 1. The van der Waals surface area contributed by atoms with E-state index in [1.807, 2.05) is 0 Å². The standard InChI is InChI=1S/C34H31FN8O5/c1-34(2,19-36)22-13-21-17-38-43(33(47)30(21)25(35)14-22)28-6-4-5-23(24(28)18-44)26-15-27(32(46)41(3)40-26)39-29-8-7-20(16-37-29)31(45)42-9-11-48-12-10-42/h4-8,13-17,44H,9-12,18H2,1-3H3,(H,37,39). The number of ether oxygens (including phenoxy) is 1. The first-order valence-electron chi connectivity index (χ1n) is 15.1. The monoisotopic (exact) mass is 650 g/mol. The average Bonchev–Trinajstić information content (AvgIpc) is 3.10. The molecule has 1 aliphatic heterocycles. The number of carbonyl (C=O) groups is 1. The number of nitriles is 1. The van der Waals surface area contributed by atoms with Crippen molar-refractivity contribution in [1.82, 2.24) is 29.4 Å². The maximum atomic E-state index is 15.4. The molecular formula is C34H31FN8O5. The number of benzene rings is 2. The number of hydrogen-bond donors (Lipinski definition) is 2. The Balaban J connectivity index is 1.36. The molecule has 5 aromatic rings. The summed E-state index contributed by atoms with van der Waals surface area (Å²) in [5, 5.41) is 31.7. The highest BCUT2D eigenvalue weighted by Crippen LogP contribution is 2.30. The number of aromatic nitrogens is 5. The van der Waals surface area contributed by atoms with Gasteiger partial charge in [0.05, 0.1) is 59.8 Å². The lowest BCUT2D eigenvalue weighted by atomic mass is 9.85. The van der Waals surface area contributed by atoms with Gasteiger partial charge >= 0.3 is 0 Å². The number of morpholine rings is 1. The second-order valence-corrected chi connectivity index (χ2v) is 11.8. The van der Waals surface area contributed by atoms with Gasteiger partial charge in [-0.3, -0.25) is 14.4 Å². The van der Waals surface area contributed by atoms with Crippen LogP contribution in [0.1, 0.15) is 35.3 Å². The van der Waals surface area contributed by atoms with Crippen molar-refractivity contribution < 1.29 is 19.0 Å². The van der Waals surface area contributed by atoms with Crippen molar-refractivity contribution in [2.24, 2.45) is 7.05 Å². The third-order valence-electron chi connectivity index (χ3n) is 8.29. The van der Waals surface area contributed by atoms with Gasteiger partial charge in [-0.2, -0.15) is 20.1 Å². The second-order valence-electron chi connectivity index (χ2n) is 11.8. The molecular weight excluding hydrogens is 619 g/mol. The van der Waals surface area contributed by atoms with E-state index in [1.54, 1.807) is 55.1 Å². The highest BCUT2D eigenvalue weighted by Gasteiger charge is 2.24. The predicted octanol–water partition coefficient (Wildman–Crippen LogP) is 3.19. The van der Waals surface area contributed by atoms with Crippen molar-refractivity contribution in [2.75, 3.05) is 31.6 Å². The van der Waals surface area contributed by atoms with E-state index in [9.17, 15) is 24.8 Å². The Morgan fingerprint density at radius 3 is 2.56 bits per heavy atom. The van der Waals surface area contributed by atoms with Crippen LogP contribution in [0.15, 0.2) is 70.5 Å². The maximum Gasteiger partial charge on any atom is 0.290 e. The van der Waals surface area contributed by atoms with Gasteiger partial charge in [-0.15, -0.1) is 0 Å². The van der Waals surface area contributed by atoms with E-state index in [-0.39, 0.29) is 39.3 Å². The molecule has 1 saturated heterocycles. The van der Waals surface area contributed by atoms with Crippen molar-refractivity contribution in [3.8, 4) is 23.0 Å². The van der Waals surface area contributed by atoms with Gasteiger partial charge in [0.1, 0.15) is 17.3 Å². The fourth-order valence-electron chi connectivity index (χ4n) is 5.52. The largest absolute Gasteiger partial charge is 0.392 e. The van der Waals surface area contributed by atoms with Crippen LogP contribution in [0.25, 0.3) is 27.7 Å². The second kappa shape index (κ2) is 12.8. The first-order valence-corrected chi connectivity index (χ1v) is 15.1. The van der Waals surface area contributed by atoms with Crippen molar-refractivity contribution in [3.05, 3.63) is 104 Å². The molecule has 3 aromatic heterocycles. The van der Waals surface area contributed by atoms with E-state index in [4.69, 9.17) is 4.74 Å². The zero-order chi connectivity index (χ0) is 34.2. The Morgan fingerprint density at radius 2 is 1.88 bits per heavy atom. The summed E-state index contributed by atoms with van der Waals surface area (Å²) >= 11 is 0. The van der Waals surface area contributed by atoms with Crippen LogP contribution in [0.3, 0.4) is 0 Å². The summed E-state index contributed by atoms with van der Waals surface area (Å²) in [7, 11) is 1.47. The number of amides is 1. The van der Waals surface area contributed by atoms with Gasteiger partial charge in [0.15, 0.2) is 0 Å². The molecule has 1 fully saturated rings. The molecule has 0 unspecified atom stereocenters. The highest BCUT2D eigenvalue weighted by molar-refractivity contribution is 5.94. The van der Waals surface area contributed by atoms with E-state index in [0.717, 1.165) is 9.36 Å². The number of fused-ring (bicyclic) bond motifs is 1. The van der Waals surface area contributed by atoms with Gasteiger partial charge in [0.2, 0.25) is 0 Å². The van der Waals surface area contributed by atoms with E-state index in [0.29, 0.717) is 48.8 Å². The SMILES string of the molecule is Cn1nc(-c2cccc(-n3ncc4cc(C(C)(C)C#N)cc(F)c4c3=O)c2CO)cc(Nc2ccc(C(=O)N3CCOCC3)cn2)c1=O. The van der Waals surface area contributed by atoms with E-state index >= 15 is 4.39 Å². The Hall–Kier alpha value is -5.78. The summed E-state index contributed by atoms with van der Waals surface area (Å²) in [6.07, 6.45) is 2.77. The lowest BCUT2D eigenvalue weighted by Gasteiger charge is -2.26. The summed E-state index contributed by atoms with van der Waals surface area (Å²) in [5.74, 6) is -0.642. The van der Waals surface area contributed by atoms with Gasteiger partial charge < -0.3 is 20.1 Å². The molecule has 4 heterocycles. The third-order valence-corrected chi connectivity index (χ3v) is 8.29. The number of aliphatic hydroxyl groups is 1. The molecule has 0 atom stereocenters. The molecule has 48 heavy (non-hydrogen) atoms. The minimum Gasteiger partial charge on any atom is -0.392 e. The summed E-state index contributed by atoms with van der Waals surface area (Å²) in [4.78, 5) is 45.5. The van der Waals surface area contributed by atoms with Crippen molar-refractivity contribution in [1.29, 1.82) is 5.26 Å². The topological polar surface area (TPSA) is 168 Å². The molecule has 2 aromatic carbocycles. The normalized spacial score (nSPS) is 13.4. The summed E-state index contributed by atoms with van der Waals surface area (Å²) < 4.78 is 22.8. The van der Waals surface area contributed by atoms with Crippen molar-refractivity contribution in [3.63, 3.8) is 0 Å². The number of nitrogens with zero attached hydrogens (tertiary/aromatic N) is 7. The number of carbonyl (C=O) groups excluding carboxylic acids is 1. The van der Waals surface area contributed by atoms with Crippen LogP contribution in [0.5, 0.6) is 0 Å². The number of hydrogen-bond acceptors (Lipinski definition) is 10. The summed E-state index contributed by atoms with van der Waals surface area (Å²) in [6, 6.07) is 14.4. The number of anilines is 2. The zero-order valence-corrected chi connectivity index (χ0v) is 26.4. The highest BCUT2D eigenvalue weighted by atomic mass is 19.1. The van der Waals surface area contributed by atoms with Gasteiger partial charge in [-0.25, -0.2) is 14.1 Å². The molecule has 1 aliphatic rings. The number of nitrogens with one attached hydrogen (secondary N) is 1. The van der Waals surface area contributed by atoms with Crippen molar-refractivity contribution in [2.45, 2.75) is 25.9 Å². The van der Waals surface area contributed by atoms with Gasteiger partial charge in [0.25, 0.3) is 17.0 Å².